The van der Waals surface area contributed by atoms with Crippen molar-refractivity contribution in [1.82, 2.24) is 14.3 Å². The van der Waals surface area contributed by atoms with Gasteiger partial charge in [0, 0.05) is 31.2 Å². The Labute approximate surface area is 118 Å². The minimum Gasteiger partial charge on any atom is -0.399 e. The second-order valence-corrected chi connectivity index (χ2v) is 6.15. The van der Waals surface area contributed by atoms with Gasteiger partial charge in [0.1, 0.15) is 0 Å². The van der Waals surface area contributed by atoms with Crippen molar-refractivity contribution in [3.8, 4) is 0 Å². The van der Waals surface area contributed by atoms with Crippen molar-refractivity contribution >= 4 is 15.7 Å². The highest BCUT2D eigenvalue weighted by Crippen LogP contribution is 2.19. The highest BCUT2D eigenvalue weighted by Gasteiger charge is 2.17. The first-order valence-corrected chi connectivity index (χ1v) is 7.85. The molecule has 1 aromatic heterocycles. The van der Waals surface area contributed by atoms with Crippen LogP contribution >= 0.6 is 0 Å². The first-order valence-electron chi connectivity index (χ1n) is 6.36. The summed E-state index contributed by atoms with van der Waals surface area (Å²) in [5.74, 6) is 0. The molecule has 1 heterocycles. The maximum Gasteiger partial charge on any atom is 0.240 e. The molecule has 0 atom stereocenters. The van der Waals surface area contributed by atoms with Crippen molar-refractivity contribution in [2.75, 3.05) is 12.3 Å². The lowest BCUT2D eigenvalue weighted by atomic mass is 10.1. The predicted octanol–water partition coefficient (Wildman–Crippen LogP) is 1.01. The number of nitrogens with one attached hydrogen (secondary N) is 1. The third-order valence-corrected chi connectivity index (χ3v) is 4.53. The van der Waals surface area contributed by atoms with Crippen molar-refractivity contribution in [1.29, 1.82) is 0 Å². The summed E-state index contributed by atoms with van der Waals surface area (Å²) >= 11 is 0. The molecule has 2 aromatic rings. The van der Waals surface area contributed by atoms with Crippen LogP contribution < -0.4 is 10.5 Å². The molecule has 0 aliphatic heterocycles. The molecule has 0 amide bonds. The summed E-state index contributed by atoms with van der Waals surface area (Å²) in [7, 11) is -3.54. The van der Waals surface area contributed by atoms with Gasteiger partial charge in [0.2, 0.25) is 10.0 Å². The zero-order chi connectivity index (χ0) is 14.6. The Morgan fingerprint density at radius 3 is 2.85 bits per heavy atom. The van der Waals surface area contributed by atoms with E-state index in [9.17, 15) is 8.42 Å². The van der Waals surface area contributed by atoms with E-state index in [4.69, 9.17) is 5.73 Å². The van der Waals surface area contributed by atoms with Gasteiger partial charge in [-0.2, -0.15) is 0 Å². The molecule has 0 saturated heterocycles. The summed E-state index contributed by atoms with van der Waals surface area (Å²) in [4.78, 5) is 4.16. The van der Waals surface area contributed by atoms with Gasteiger partial charge in [-0.05, 0) is 24.1 Å². The summed E-state index contributed by atoms with van der Waals surface area (Å²) in [5.41, 5.74) is 6.88. The molecule has 6 nitrogen and oxygen atoms in total. The molecule has 1 aromatic carbocycles. The molecule has 0 spiro atoms. The van der Waals surface area contributed by atoms with Crippen LogP contribution in [0.4, 0.5) is 5.69 Å². The van der Waals surface area contributed by atoms with Crippen LogP contribution in [0, 0.1) is 0 Å². The highest BCUT2D eigenvalue weighted by molar-refractivity contribution is 7.89. The molecular weight excluding hydrogens is 276 g/mol. The van der Waals surface area contributed by atoms with Gasteiger partial charge in [-0.1, -0.05) is 13.0 Å². The summed E-state index contributed by atoms with van der Waals surface area (Å²) in [5, 5.41) is 0. The van der Waals surface area contributed by atoms with E-state index in [1.54, 1.807) is 30.9 Å². The molecule has 3 N–H and O–H groups in total. The molecule has 0 radical (unpaired) electrons. The molecule has 0 unspecified atom stereocenters. The summed E-state index contributed by atoms with van der Waals surface area (Å²) in [6.45, 7) is 2.75. The van der Waals surface area contributed by atoms with E-state index in [2.05, 4.69) is 9.71 Å². The lowest BCUT2D eigenvalue weighted by molar-refractivity contribution is 0.572. The predicted molar refractivity (Wildman–Crippen MR) is 77.6 cm³/mol. The molecule has 0 aliphatic rings. The fourth-order valence-corrected chi connectivity index (χ4v) is 3.28. The Balaban J connectivity index is 2.11. The number of rotatable bonds is 6. The van der Waals surface area contributed by atoms with Gasteiger partial charge in [-0.3, -0.25) is 0 Å². The van der Waals surface area contributed by atoms with E-state index in [0.717, 1.165) is 5.56 Å². The standard InChI is InChI=1S/C13H18N4O2S/c1-2-11-3-4-12(14)9-13(11)20(18,19)16-6-8-17-7-5-15-10-17/h3-5,7,9-10,16H,2,6,8,14H2,1H3. The quantitative estimate of drug-likeness (QED) is 0.778. The average molecular weight is 294 g/mol. The maximum absolute atomic E-state index is 12.3. The smallest absolute Gasteiger partial charge is 0.240 e. The SMILES string of the molecule is CCc1ccc(N)cc1S(=O)(=O)NCCn1ccnc1. The van der Waals surface area contributed by atoms with Crippen LogP contribution in [-0.4, -0.2) is 24.5 Å². The van der Waals surface area contributed by atoms with Crippen molar-refractivity contribution in [3.63, 3.8) is 0 Å². The summed E-state index contributed by atoms with van der Waals surface area (Å²) in [6.07, 6.45) is 5.72. The number of sulfonamides is 1. The second-order valence-electron chi connectivity index (χ2n) is 4.42. The van der Waals surface area contributed by atoms with E-state index in [0.29, 0.717) is 25.2 Å². The molecule has 7 heteroatoms. The van der Waals surface area contributed by atoms with Crippen LogP contribution in [0.25, 0.3) is 0 Å². The first kappa shape index (κ1) is 14.5. The van der Waals surface area contributed by atoms with Gasteiger partial charge < -0.3 is 10.3 Å². The number of aromatic nitrogens is 2. The lowest BCUT2D eigenvalue weighted by Gasteiger charge is -2.11. The molecular formula is C13H18N4O2S. The van der Waals surface area contributed by atoms with Gasteiger partial charge in [0.05, 0.1) is 11.2 Å². The largest absolute Gasteiger partial charge is 0.399 e. The monoisotopic (exact) mass is 294 g/mol. The van der Waals surface area contributed by atoms with E-state index in [-0.39, 0.29) is 4.90 Å². The fraction of sp³-hybridized carbons (Fsp3) is 0.308. The van der Waals surface area contributed by atoms with Gasteiger partial charge in [-0.25, -0.2) is 18.1 Å². The Morgan fingerprint density at radius 1 is 1.40 bits per heavy atom. The van der Waals surface area contributed by atoms with Crippen LogP contribution in [0.15, 0.2) is 41.8 Å². The summed E-state index contributed by atoms with van der Waals surface area (Å²) in [6, 6.07) is 4.96. The fourth-order valence-electron chi connectivity index (χ4n) is 1.92. The zero-order valence-electron chi connectivity index (χ0n) is 11.3. The van der Waals surface area contributed by atoms with Crippen molar-refractivity contribution in [3.05, 3.63) is 42.5 Å². The van der Waals surface area contributed by atoms with E-state index in [1.165, 1.54) is 6.07 Å². The third-order valence-electron chi connectivity index (χ3n) is 2.98. The third kappa shape index (κ3) is 3.37. The molecule has 2 rings (SSSR count). The Hall–Kier alpha value is -1.86. The number of nitrogens with zero attached hydrogens (tertiary/aromatic N) is 2. The molecule has 20 heavy (non-hydrogen) atoms. The van der Waals surface area contributed by atoms with Crippen LogP contribution in [0.2, 0.25) is 0 Å². The molecule has 108 valence electrons. The Kier molecular flexibility index (Phi) is 4.41. The Bertz CT molecular complexity index is 666. The number of hydrogen-bond donors (Lipinski definition) is 2. The number of aryl methyl sites for hydroxylation is 1. The van der Waals surface area contributed by atoms with Gasteiger partial charge in [0.25, 0.3) is 0 Å². The minimum atomic E-state index is -3.54. The average Bonchev–Trinajstić information content (AvgIpc) is 2.91. The van der Waals surface area contributed by atoms with E-state index >= 15 is 0 Å². The topological polar surface area (TPSA) is 90.0 Å². The van der Waals surface area contributed by atoms with Crippen LogP contribution in [0.1, 0.15) is 12.5 Å². The number of nitrogen functional groups attached to an aromatic ring is 1. The van der Waals surface area contributed by atoms with Crippen molar-refractivity contribution < 1.29 is 8.42 Å². The van der Waals surface area contributed by atoms with Crippen LogP contribution in [0.3, 0.4) is 0 Å². The second kappa shape index (κ2) is 6.06. The van der Waals surface area contributed by atoms with Crippen molar-refractivity contribution in [2.24, 2.45) is 0 Å². The van der Waals surface area contributed by atoms with Crippen LogP contribution in [0.5, 0.6) is 0 Å². The summed E-state index contributed by atoms with van der Waals surface area (Å²) < 4.78 is 29.0. The number of nitrogens with two attached hydrogens (primary N) is 1. The van der Waals surface area contributed by atoms with Crippen molar-refractivity contribution in [2.45, 2.75) is 24.8 Å². The maximum atomic E-state index is 12.3. The normalized spacial score (nSPS) is 11.7. The van der Waals surface area contributed by atoms with E-state index < -0.39 is 10.0 Å². The van der Waals surface area contributed by atoms with Crippen LogP contribution in [-0.2, 0) is 23.0 Å². The number of hydrogen-bond acceptors (Lipinski definition) is 4. The number of imidazole rings is 1. The molecule has 0 bridgehead atoms. The number of benzene rings is 1. The molecule has 0 aliphatic carbocycles. The minimum absolute atomic E-state index is 0.255. The zero-order valence-corrected chi connectivity index (χ0v) is 12.1. The lowest BCUT2D eigenvalue weighted by Crippen LogP contribution is -2.28. The van der Waals surface area contributed by atoms with Gasteiger partial charge >= 0.3 is 0 Å². The number of anilines is 1. The van der Waals surface area contributed by atoms with Gasteiger partial charge in [0.15, 0.2) is 0 Å². The highest BCUT2D eigenvalue weighted by atomic mass is 32.2. The van der Waals surface area contributed by atoms with Gasteiger partial charge in [-0.15, -0.1) is 0 Å². The first-order chi connectivity index (χ1) is 9.53. The van der Waals surface area contributed by atoms with E-state index in [1.807, 2.05) is 11.5 Å². The molecule has 0 fully saturated rings. The molecule has 0 saturated carbocycles. The Morgan fingerprint density at radius 2 is 2.20 bits per heavy atom.